The fourth-order valence-electron chi connectivity index (χ4n) is 2.03. The van der Waals surface area contributed by atoms with Gasteiger partial charge in [0.15, 0.2) is 0 Å². The molecule has 7 heteroatoms. The van der Waals surface area contributed by atoms with Crippen molar-refractivity contribution < 1.29 is 22.0 Å². The molecule has 3 aromatic rings. The zero-order valence-electron chi connectivity index (χ0n) is 10.3. The van der Waals surface area contributed by atoms with E-state index in [9.17, 15) is 22.0 Å². The molecule has 1 N–H and O–H groups in total. The summed E-state index contributed by atoms with van der Waals surface area (Å²) in [6, 6.07) is 7.30. The van der Waals surface area contributed by atoms with Crippen LogP contribution >= 0.6 is 0 Å². The third-order valence-corrected chi connectivity index (χ3v) is 3.01. The summed E-state index contributed by atoms with van der Waals surface area (Å²) in [7, 11) is 0. The Morgan fingerprint density at radius 1 is 0.952 bits per heavy atom. The van der Waals surface area contributed by atoms with Gasteiger partial charge in [-0.15, -0.1) is 0 Å². The number of alkyl halides is 3. The van der Waals surface area contributed by atoms with Crippen LogP contribution in [0.25, 0.3) is 22.4 Å². The third-order valence-electron chi connectivity index (χ3n) is 3.01. The Morgan fingerprint density at radius 3 is 2.33 bits per heavy atom. The van der Waals surface area contributed by atoms with Gasteiger partial charge in [0.25, 0.3) is 0 Å². The molecular formula is C14H7F5N2. The van der Waals surface area contributed by atoms with Crippen LogP contribution < -0.4 is 0 Å². The number of halogens is 5. The SMILES string of the molecule is Fc1cc(F)c(C(F)(F)F)cc1-c1nc2ccccc2[nH]1. The van der Waals surface area contributed by atoms with Crippen LogP contribution in [0.2, 0.25) is 0 Å². The second kappa shape index (κ2) is 4.54. The molecule has 2 aromatic carbocycles. The van der Waals surface area contributed by atoms with E-state index < -0.39 is 28.9 Å². The Labute approximate surface area is 115 Å². The molecule has 1 heterocycles. The predicted octanol–water partition coefficient (Wildman–Crippen LogP) is 4.53. The van der Waals surface area contributed by atoms with Gasteiger partial charge in [0, 0.05) is 6.07 Å². The van der Waals surface area contributed by atoms with E-state index >= 15 is 0 Å². The smallest absolute Gasteiger partial charge is 0.338 e. The summed E-state index contributed by atoms with van der Waals surface area (Å²) in [6.45, 7) is 0. The molecule has 0 saturated heterocycles. The quantitative estimate of drug-likeness (QED) is 0.657. The maximum absolute atomic E-state index is 13.8. The number of rotatable bonds is 1. The second-order valence-electron chi connectivity index (χ2n) is 4.41. The maximum Gasteiger partial charge on any atom is 0.419 e. The van der Waals surface area contributed by atoms with Gasteiger partial charge < -0.3 is 4.98 Å². The van der Waals surface area contributed by atoms with Gasteiger partial charge in [-0.2, -0.15) is 13.2 Å². The van der Waals surface area contributed by atoms with Gasteiger partial charge in [0.1, 0.15) is 17.5 Å². The number of aromatic amines is 1. The molecule has 0 unspecified atom stereocenters. The molecule has 0 aliphatic heterocycles. The number of hydrogen-bond donors (Lipinski definition) is 1. The fraction of sp³-hybridized carbons (Fsp3) is 0.0714. The molecule has 21 heavy (non-hydrogen) atoms. The van der Waals surface area contributed by atoms with Gasteiger partial charge in [-0.25, -0.2) is 13.8 Å². The molecule has 0 amide bonds. The number of aromatic nitrogens is 2. The van der Waals surface area contributed by atoms with Gasteiger partial charge >= 0.3 is 6.18 Å². The molecule has 0 spiro atoms. The molecule has 0 saturated carbocycles. The van der Waals surface area contributed by atoms with Crippen molar-refractivity contribution in [3.05, 3.63) is 53.6 Å². The van der Waals surface area contributed by atoms with Gasteiger partial charge in [0.05, 0.1) is 22.2 Å². The van der Waals surface area contributed by atoms with E-state index in [0.717, 1.165) is 0 Å². The lowest BCUT2D eigenvalue weighted by atomic mass is 10.1. The Hall–Kier alpha value is -2.44. The highest BCUT2D eigenvalue weighted by Crippen LogP contribution is 2.35. The molecule has 0 atom stereocenters. The van der Waals surface area contributed by atoms with E-state index in [1.54, 1.807) is 24.3 Å². The third kappa shape index (κ3) is 2.35. The van der Waals surface area contributed by atoms with E-state index in [1.807, 2.05) is 0 Å². The molecule has 0 aliphatic carbocycles. The molecule has 1 aromatic heterocycles. The van der Waals surface area contributed by atoms with Crippen LogP contribution in [0, 0.1) is 11.6 Å². The van der Waals surface area contributed by atoms with Crippen LogP contribution in [-0.4, -0.2) is 9.97 Å². The van der Waals surface area contributed by atoms with E-state index in [-0.39, 0.29) is 11.9 Å². The van der Waals surface area contributed by atoms with Crippen molar-refractivity contribution in [2.24, 2.45) is 0 Å². The summed E-state index contributed by atoms with van der Waals surface area (Å²) in [4.78, 5) is 6.72. The highest BCUT2D eigenvalue weighted by atomic mass is 19.4. The lowest BCUT2D eigenvalue weighted by Gasteiger charge is -2.10. The summed E-state index contributed by atoms with van der Waals surface area (Å²) >= 11 is 0. The van der Waals surface area contributed by atoms with Gasteiger partial charge in [0.2, 0.25) is 0 Å². The first kappa shape index (κ1) is 13.5. The minimum Gasteiger partial charge on any atom is -0.338 e. The summed E-state index contributed by atoms with van der Waals surface area (Å²) in [6.07, 6.45) is -4.90. The number of hydrogen-bond acceptors (Lipinski definition) is 1. The van der Waals surface area contributed by atoms with Crippen molar-refractivity contribution in [2.75, 3.05) is 0 Å². The summed E-state index contributed by atoms with van der Waals surface area (Å²) in [5, 5.41) is 0. The van der Waals surface area contributed by atoms with Crippen molar-refractivity contribution in [3.8, 4) is 11.4 Å². The van der Waals surface area contributed by atoms with Crippen LogP contribution in [-0.2, 0) is 6.18 Å². The topological polar surface area (TPSA) is 28.7 Å². The Kier molecular flexibility index (Phi) is 2.93. The summed E-state index contributed by atoms with van der Waals surface area (Å²) < 4.78 is 65.1. The predicted molar refractivity (Wildman–Crippen MR) is 66.4 cm³/mol. The monoisotopic (exact) mass is 298 g/mol. The number of benzene rings is 2. The average molecular weight is 298 g/mol. The van der Waals surface area contributed by atoms with Crippen LogP contribution in [0.1, 0.15) is 5.56 Å². The maximum atomic E-state index is 13.8. The van der Waals surface area contributed by atoms with Gasteiger partial charge in [-0.3, -0.25) is 0 Å². The van der Waals surface area contributed by atoms with E-state index in [0.29, 0.717) is 17.1 Å². The molecular weight excluding hydrogens is 291 g/mol. The van der Waals surface area contributed by atoms with Crippen LogP contribution in [0.3, 0.4) is 0 Å². The minimum absolute atomic E-state index is 0.0841. The highest BCUT2D eigenvalue weighted by molar-refractivity contribution is 5.79. The lowest BCUT2D eigenvalue weighted by molar-refractivity contribution is -0.140. The number of para-hydroxylation sites is 2. The standard InChI is InChI=1S/C14H7F5N2/c15-9-6-10(16)8(14(17,18)19)5-7(9)13-20-11-3-1-2-4-12(11)21-13/h1-6H,(H,20,21). The Bertz CT molecular complexity index is 787. The first-order chi connectivity index (χ1) is 9.86. The van der Waals surface area contributed by atoms with Gasteiger partial charge in [-0.1, -0.05) is 12.1 Å². The van der Waals surface area contributed by atoms with Crippen LogP contribution in [0.4, 0.5) is 22.0 Å². The number of nitrogens with one attached hydrogen (secondary N) is 1. The van der Waals surface area contributed by atoms with Gasteiger partial charge in [-0.05, 0) is 18.2 Å². The van der Waals surface area contributed by atoms with E-state index in [2.05, 4.69) is 9.97 Å². The molecule has 0 fully saturated rings. The first-order valence-corrected chi connectivity index (χ1v) is 5.87. The van der Waals surface area contributed by atoms with Crippen molar-refractivity contribution in [3.63, 3.8) is 0 Å². The summed E-state index contributed by atoms with van der Waals surface area (Å²) in [5.41, 5.74) is -0.936. The molecule has 0 bridgehead atoms. The summed E-state index contributed by atoms with van der Waals surface area (Å²) in [5.74, 6) is -2.85. The van der Waals surface area contributed by atoms with Crippen LogP contribution in [0.5, 0.6) is 0 Å². The lowest BCUT2D eigenvalue weighted by Crippen LogP contribution is -2.09. The zero-order chi connectivity index (χ0) is 15.2. The number of imidazole rings is 1. The second-order valence-corrected chi connectivity index (χ2v) is 4.41. The Balaban J connectivity index is 2.22. The van der Waals surface area contributed by atoms with Crippen molar-refractivity contribution in [1.29, 1.82) is 0 Å². The molecule has 0 radical (unpaired) electrons. The highest BCUT2D eigenvalue weighted by Gasteiger charge is 2.35. The van der Waals surface area contributed by atoms with Crippen molar-refractivity contribution in [1.82, 2.24) is 9.97 Å². The zero-order valence-corrected chi connectivity index (χ0v) is 10.3. The Morgan fingerprint density at radius 2 is 1.67 bits per heavy atom. The molecule has 108 valence electrons. The minimum atomic E-state index is -4.90. The first-order valence-electron chi connectivity index (χ1n) is 5.87. The van der Waals surface area contributed by atoms with Crippen LogP contribution in [0.15, 0.2) is 36.4 Å². The average Bonchev–Trinajstić information content (AvgIpc) is 2.80. The number of nitrogens with zero attached hydrogens (tertiary/aromatic N) is 1. The molecule has 0 aliphatic rings. The number of fused-ring (bicyclic) bond motifs is 1. The van der Waals surface area contributed by atoms with E-state index in [4.69, 9.17) is 0 Å². The molecule has 2 nitrogen and oxygen atoms in total. The normalized spacial score (nSPS) is 12.0. The fourth-order valence-corrected chi connectivity index (χ4v) is 2.03. The molecule has 3 rings (SSSR count). The largest absolute Gasteiger partial charge is 0.419 e. The van der Waals surface area contributed by atoms with E-state index in [1.165, 1.54) is 0 Å². The van der Waals surface area contributed by atoms with Crippen molar-refractivity contribution >= 4 is 11.0 Å². The van der Waals surface area contributed by atoms with Crippen molar-refractivity contribution in [2.45, 2.75) is 6.18 Å². The number of H-pyrrole nitrogens is 1.